The van der Waals surface area contributed by atoms with Gasteiger partial charge in [-0.25, -0.2) is 8.78 Å². The van der Waals surface area contributed by atoms with Crippen LogP contribution in [0.25, 0.3) is 11.5 Å². The number of alkyl halides is 3. The van der Waals surface area contributed by atoms with Gasteiger partial charge < -0.3 is 9.26 Å². The fourth-order valence-corrected chi connectivity index (χ4v) is 2.25. The molecule has 1 aliphatic carbocycles. The van der Waals surface area contributed by atoms with Crippen molar-refractivity contribution in [1.82, 2.24) is 15.1 Å². The molecule has 2 aromatic rings. The van der Waals surface area contributed by atoms with Gasteiger partial charge in [-0.05, 0) is 18.8 Å². The lowest BCUT2D eigenvalue weighted by Gasteiger charge is -2.23. The Morgan fingerprint density at radius 2 is 1.92 bits per heavy atom. The fourth-order valence-electron chi connectivity index (χ4n) is 2.25. The molecule has 0 aromatic carbocycles. The zero-order chi connectivity index (χ0) is 18.4. The molecular weight excluding hydrogens is 335 g/mol. The van der Waals surface area contributed by atoms with Crippen LogP contribution < -0.4 is 4.74 Å². The standard InChI is InChI=1S/C17H20F3N3O2/c1-16(2,3)15-22-13(23-25-15)11-7-12(24-17(4,20)14(18)19)10(8-21-11)9-5-6-9/h7-9,14H,5-6H2,1-4H3/t17-/m0/s1. The predicted octanol–water partition coefficient (Wildman–Crippen LogP) is 4.64. The summed E-state index contributed by atoms with van der Waals surface area (Å²) in [6, 6.07) is 1.39. The van der Waals surface area contributed by atoms with Crippen molar-refractivity contribution in [3.05, 3.63) is 23.7 Å². The van der Waals surface area contributed by atoms with Gasteiger partial charge in [0.2, 0.25) is 11.7 Å². The van der Waals surface area contributed by atoms with Crippen molar-refractivity contribution in [1.29, 1.82) is 0 Å². The third kappa shape index (κ3) is 3.77. The van der Waals surface area contributed by atoms with Gasteiger partial charge in [0.1, 0.15) is 11.4 Å². The highest BCUT2D eigenvalue weighted by Gasteiger charge is 2.39. The molecule has 8 heteroatoms. The van der Waals surface area contributed by atoms with Crippen LogP contribution in [0.1, 0.15) is 57.9 Å². The van der Waals surface area contributed by atoms with E-state index in [0.29, 0.717) is 18.4 Å². The Morgan fingerprint density at radius 3 is 2.44 bits per heavy atom. The summed E-state index contributed by atoms with van der Waals surface area (Å²) in [5, 5.41) is 3.87. The van der Waals surface area contributed by atoms with Crippen LogP contribution in [0.2, 0.25) is 0 Å². The molecule has 0 amide bonds. The zero-order valence-corrected chi connectivity index (χ0v) is 14.5. The molecule has 0 saturated heterocycles. The zero-order valence-electron chi connectivity index (χ0n) is 14.5. The van der Waals surface area contributed by atoms with E-state index in [1.165, 1.54) is 12.3 Å². The van der Waals surface area contributed by atoms with Crippen molar-refractivity contribution in [2.75, 3.05) is 0 Å². The SMILES string of the molecule is CC(C)(C)c1nc(-c2cc(O[C@](C)(F)C(F)F)c(C3CC3)cn2)no1. The largest absolute Gasteiger partial charge is 0.452 e. The highest BCUT2D eigenvalue weighted by molar-refractivity contribution is 5.54. The molecule has 1 aliphatic rings. The first-order chi connectivity index (χ1) is 11.6. The Bertz CT molecular complexity index is 765. The second-order valence-electron chi connectivity index (χ2n) is 7.44. The van der Waals surface area contributed by atoms with Gasteiger partial charge in [-0.15, -0.1) is 0 Å². The van der Waals surface area contributed by atoms with E-state index in [0.717, 1.165) is 12.8 Å². The van der Waals surface area contributed by atoms with Gasteiger partial charge in [0.05, 0.1) is 0 Å². The minimum Gasteiger partial charge on any atom is -0.452 e. The average Bonchev–Trinajstić information content (AvgIpc) is 3.21. The number of nitrogens with zero attached hydrogens (tertiary/aromatic N) is 3. The van der Waals surface area contributed by atoms with E-state index in [4.69, 9.17) is 9.26 Å². The number of aromatic nitrogens is 3. The molecule has 0 N–H and O–H groups in total. The Kier molecular flexibility index (Phi) is 4.25. The summed E-state index contributed by atoms with van der Waals surface area (Å²) in [5.74, 6) is -2.27. The van der Waals surface area contributed by atoms with E-state index >= 15 is 0 Å². The first kappa shape index (κ1) is 17.7. The fraction of sp³-hybridized carbons (Fsp3) is 0.588. The van der Waals surface area contributed by atoms with Crippen molar-refractivity contribution in [2.24, 2.45) is 0 Å². The third-order valence-electron chi connectivity index (χ3n) is 3.91. The van der Waals surface area contributed by atoms with Crippen molar-refractivity contribution >= 4 is 0 Å². The van der Waals surface area contributed by atoms with Crippen molar-refractivity contribution in [2.45, 2.75) is 64.1 Å². The molecule has 2 heterocycles. The minimum atomic E-state index is -3.27. The van der Waals surface area contributed by atoms with E-state index in [1.807, 2.05) is 20.8 Å². The highest BCUT2D eigenvalue weighted by Crippen LogP contribution is 2.45. The summed E-state index contributed by atoms with van der Waals surface area (Å²) in [6.07, 6.45) is 0.0299. The quantitative estimate of drug-likeness (QED) is 0.782. The third-order valence-corrected chi connectivity index (χ3v) is 3.91. The number of hydrogen-bond acceptors (Lipinski definition) is 5. The smallest absolute Gasteiger partial charge is 0.306 e. The van der Waals surface area contributed by atoms with E-state index in [1.54, 1.807) is 0 Å². The topological polar surface area (TPSA) is 61.0 Å². The second kappa shape index (κ2) is 6.00. The first-order valence-electron chi connectivity index (χ1n) is 8.08. The van der Waals surface area contributed by atoms with Gasteiger partial charge in [0, 0.05) is 30.2 Å². The van der Waals surface area contributed by atoms with Crippen LogP contribution in [0.4, 0.5) is 13.2 Å². The van der Waals surface area contributed by atoms with Gasteiger partial charge in [-0.3, -0.25) is 4.98 Å². The van der Waals surface area contributed by atoms with Gasteiger partial charge in [-0.1, -0.05) is 25.9 Å². The highest BCUT2D eigenvalue weighted by atomic mass is 19.3. The van der Waals surface area contributed by atoms with Crippen molar-refractivity contribution in [3.63, 3.8) is 0 Å². The molecule has 0 aliphatic heterocycles. The van der Waals surface area contributed by atoms with Crippen LogP contribution in [-0.4, -0.2) is 27.4 Å². The maximum absolute atomic E-state index is 14.0. The molecule has 136 valence electrons. The van der Waals surface area contributed by atoms with E-state index in [2.05, 4.69) is 15.1 Å². The number of hydrogen-bond donors (Lipinski definition) is 0. The van der Waals surface area contributed by atoms with Gasteiger partial charge >= 0.3 is 12.3 Å². The maximum atomic E-state index is 14.0. The van der Waals surface area contributed by atoms with Crippen LogP contribution in [0, 0.1) is 0 Å². The monoisotopic (exact) mass is 355 g/mol. The molecule has 0 radical (unpaired) electrons. The van der Waals surface area contributed by atoms with Crippen LogP contribution in [0.5, 0.6) is 5.75 Å². The average molecular weight is 355 g/mol. The maximum Gasteiger partial charge on any atom is 0.306 e. The van der Waals surface area contributed by atoms with Crippen LogP contribution in [0.3, 0.4) is 0 Å². The van der Waals surface area contributed by atoms with Gasteiger partial charge in [0.25, 0.3) is 0 Å². The summed E-state index contributed by atoms with van der Waals surface area (Å²) in [4.78, 5) is 8.54. The lowest BCUT2D eigenvalue weighted by atomic mass is 9.97. The van der Waals surface area contributed by atoms with Crippen LogP contribution >= 0.6 is 0 Å². The molecular formula is C17H20F3N3O2. The predicted molar refractivity (Wildman–Crippen MR) is 84.3 cm³/mol. The molecule has 1 atom stereocenters. The van der Waals surface area contributed by atoms with E-state index in [-0.39, 0.29) is 28.6 Å². The van der Waals surface area contributed by atoms with Gasteiger partial charge in [0.15, 0.2) is 0 Å². The summed E-state index contributed by atoms with van der Waals surface area (Å²) < 4.78 is 49.9. The Labute approximate surface area is 143 Å². The number of halogens is 3. The molecule has 0 spiro atoms. The summed E-state index contributed by atoms with van der Waals surface area (Å²) in [6.45, 7) is 6.46. The molecule has 5 nitrogen and oxygen atoms in total. The Morgan fingerprint density at radius 1 is 1.24 bits per heavy atom. The number of ether oxygens (including phenoxy) is 1. The molecule has 25 heavy (non-hydrogen) atoms. The van der Waals surface area contributed by atoms with Crippen molar-refractivity contribution < 1.29 is 22.4 Å². The molecule has 1 saturated carbocycles. The lowest BCUT2D eigenvalue weighted by Crippen LogP contribution is -2.35. The van der Waals surface area contributed by atoms with Crippen molar-refractivity contribution in [3.8, 4) is 17.3 Å². The second-order valence-corrected chi connectivity index (χ2v) is 7.44. The van der Waals surface area contributed by atoms with E-state index < -0.39 is 12.3 Å². The Hall–Kier alpha value is -2.12. The summed E-state index contributed by atoms with van der Waals surface area (Å²) in [7, 11) is 0. The van der Waals surface area contributed by atoms with Crippen LogP contribution in [0.15, 0.2) is 16.8 Å². The van der Waals surface area contributed by atoms with Crippen LogP contribution in [-0.2, 0) is 5.41 Å². The normalized spacial score (nSPS) is 17.6. The summed E-state index contributed by atoms with van der Waals surface area (Å²) in [5.41, 5.74) is 0.558. The molecule has 2 aromatic heterocycles. The van der Waals surface area contributed by atoms with E-state index in [9.17, 15) is 13.2 Å². The number of rotatable bonds is 5. The first-order valence-corrected chi connectivity index (χ1v) is 8.08. The summed E-state index contributed by atoms with van der Waals surface area (Å²) >= 11 is 0. The molecule has 0 unspecified atom stereocenters. The Balaban J connectivity index is 1.97. The molecule has 3 rings (SSSR count). The van der Waals surface area contributed by atoms with Gasteiger partial charge in [-0.2, -0.15) is 9.37 Å². The molecule has 1 fully saturated rings. The minimum absolute atomic E-state index is 0.0416. The molecule has 0 bridgehead atoms. The number of pyridine rings is 1. The lowest BCUT2D eigenvalue weighted by molar-refractivity contribution is -0.153.